The fourth-order valence-electron chi connectivity index (χ4n) is 4.03. The van der Waals surface area contributed by atoms with Gasteiger partial charge in [0.15, 0.2) is 0 Å². The van der Waals surface area contributed by atoms with Crippen LogP contribution in [-0.2, 0) is 4.79 Å². The number of carbonyl (C=O) groups excluding carboxylic acids is 1. The van der Waals surface area contributed by atoms with Crippen molar-refractivity contribution in [3.8, 4) is 6.07 Å². The molecule has 1 aliphatic heterocycles. The number of anilines is 1. The molecule has 0 bridgehead atoms. The van der Waals surface area contributed by atoms with Crippen molar-refractivity contribution in [2.24, 2.45) is 5.92 Å². The number of likely N-dealkylation sites (N-methyl/N-ethyl adjacent to an activating group) is 1. The summed E-state index contributed by atoms with van der Waals surface area (Å²) in [6.07, 6.45) is 3.51. The Hall–Kier alpha value is -2.76. The fourth-order valence-corrected chi connectivity index (χ4v) is 4.03. The van der Waals surface area contributed by atoms with Gasteiger partial charge in [0.1, 0.15) is 17.1 Å². The minimum atomic E-state index is -0.681. The van der Waals surface area contributed by atoms with Gasteiger partial charge in [0.25, 0.3) is 0 Å². The van der Waals surface area contributed by atoms with Gasteiger partial charge >= 0.3 is 0 Å². The van der Waals surface area contributed by atoms with E-state index in [1.54, 1.807) is 18.5 Å². The van der Waals surface area contributed by atoms with Gasteiger partial charge < -0.3 is 20.2 Å². The minimum Gasteiger partial charge on any atom is -0.391 e. The zero-order valence-electron chi connectivity index (χ0n) is 17.2. The average molecular weight is 396 g/mol. The third-order valence-corrected chi connectivity index (χ3v) is 5.09. The molecule has 0 saturated carbocycles. The number of nitrogens with one attached hydrogen (secondary N) is 1. The topological polar surface area (TPSA) is 105 Å². The van der Waals surface area contributed by atoms with Gasteiger partial charge in [-0.15, -0.1) is 0 Å². The highest BCUT2D eigenvalue weighted by Crippen LogP contribution is 2.30. The summed E-state index contributed by atoms with van der Waals surface area (Å²) in [5, 5.41) is 22.4. The van der Waals surface area contributed by atoms with Crippen LogP contribution < -0.4 is 10.2 Å². The first-order valence-corrected chi connectivity index (χ1v) is 9.88. The smallest absolute Gasteiger partial charge is 0.222 e. The Morgan fingerprint density at radius 3 is 2.76 bits per heavy atom. The molecule has 1 amide bonds. The third kappa shape index (κ3) is 5.19. The molecule has 0 spiro atoms. The van der Waals surface area contributed by atoms with Crippen molar-refractivity contribution < 1.29 is 9.90 Å². The van der Waals surface area contributed by atoms with E-state index in [0.717, 1.165) is 18.7 Å². The first-order chi connectivity index (χ1) is 13.9. The lowest BCUT2D eigenvalue weighted by Gasteiger charge is -2.38. The third-order valence-electron chi connectivity index (χ3n) is 5.09. The van der Waals surface area contributed by atoms with Crippen molar-refractivity contribution in [3.63, 3.8) is 0 Å². The molecule has 2 N–H and O–H groups in total. The molecule has 2 heterocycles. The number of nitriles is 1. The van der Waals surface area contributed by atoms with Gasteiger partial charge in [-0.2, -0.15) is 5.26 Å². The van der Waals surface area contributed by atoms with Crippen LogP contribution in [0, 0.1) is 17.2 Å². The van der Waals surface area contributed by atoms with E-state index in [9.17, 15) is 15.2 Å². The van der Waals surface area contributed by atoms with Crippen molar-refractivity contribution in [2.75, 3.05) is 38.6 Å². The van der Waals surface area contributed by atoms with E-state index < -0.39 is 6.10 Å². The average Bonchev–Trinajstić information content (AvgIpc) is 2.65. The standard InChI is InChI=1S/C21H28N6O2/c1-14-8-16(25-19(29)9-17(28)13-26(2)3)12-27(11-14)18-5-4-15(10-22)20-21(18)24-7-6-23-20/h4-7,14,16-17,28H,8-9,11-13H2,1-3H3,(H,25,29)/t14-,16+,17+/m0/s1. The molecule has 1 saturated heterocycles. The number of fused-ring (bicyclic) bond motifs is 1. The van der Waals surface area contributed by atoms with Gasteiger partial charge in [-0.25, -0.2) is 0 Å². The molecule has 2 aromatic rings. The van der Waals surface area contributed by atoms with Gasteiger partial charge in [-0.1, -0.05) is 6.92 Å². The molecule has 0 aliphatic carbocycles. The summed E-state index contributed by atoms with van der Waals surface area (Å²) in [4.78, 5) is 25.2. The molecule has 8 heteroatoms. The normalized spacial score (nSPS) is 20.5. The van der Waals surface area contributed by atoms with Crippen molar-refractivity contribution in [1.82, 2.24) is 20.2 Å². The second-order valence-electron chi connectivity index (χ2n) is 8.13. The number of hydrogen-bond acceptors (Lipinski definition) is 7. The molecule has 0 radical (unpaired) electrons. The summed E-state index contributed by atoms with van der Waals surface area (Å²) in [6.45, 7) is 4.10. The number of aliphatic hydroxyl groups is 1. The number of rotatable bonds is 6. The Kier molecular flexibility index (Phi) is 6.62. The highest BCUT2D eigenvalue weighted by molar-refractivity contribution is 5.92. The van der Waals surface area contributed by atoms with Crippen molar-refractivity contribution in [3.05, 3.63) is 30.1 Å². The SMILES string of the molecule is C[C@H]1C[C@@H](NC(=O)C[C@@H](O)CN(C)C)CN(c2ccc(C#N)c3nccnc23)C1. The Balaban J connectivity index is 1.75. The molecule has 154 valence electrons. The van der Waals surface area contributed by atoms with Crippen LogP contribution in [0.5, 0.6) is 0 Å². The van der Waals surface area contributed by atoms with Gasteiger partial charge in [0.2, 0.25) is 5.91 Å². The summed E-state index contributed by atoms with van der Waals surface area (Å²) in [6, 6.07) is 5.84. The molecule has 1 aromatic heterocycles. The zero-order valence-corrected chi connectivity index (χ0v) is 17.2. The van der Waals surface area contributed by atoms with E-state index in [1.165, 1.54) is 0 Å². The van der Waals surface area contributed by atoms with Crippen molar-refractivity contribution in [2.45, 2.75) is 31.9 Å². The van der Waals surface area contributed by atoms with Crippen molar-refractivity contribution in [1.29, 1.82) is 5.26 Å². The Labute approximate surface area is 171 Å². The quantitative estimate of drug-likeness (QED) is 0.754. The van der Waals surface area contributed by atoms with E-state index in [1.807, 2.05) is 25.1 Å². The number of aliphatic hydroxyl groups excluding tert-OH is 1. The molecule has 1 aromatic carbocycles. The molecule has 0 unspecified atom stereocenters. The van der Waals surface area contributed by atoms with E-state index in [4.69, 9.17) is 0 Å². The van der Waals surface area contributed by atoms with Gasteiger partial charge in [-0.05, 0) is 38.6 Å². The number of carbonyl (C=O) groups is 1. The maximum Gasteiger partial charge on any atom is 0.222 e. The van der Waals surface area contributed by atoms with Crippen LogP contribution in [-0.4, -0.2) is 71.8 Å². The summed E-state index contributed by atoms with van der Waals surface area (Å²) < 4.78 is 0. The van der Waals surface area contributed by atoms with Crippen LogP contribution in [0.4, 0.5) is 5.69 Å². The second-order valence-corrected chi connectivity index (χ2v) is 8.13. The number of nitrogens with zero attached hydrogens (tertiary/aromatic N) is 5. The lowest BCUT2D eigenvalue weighted by atomic mass is 9.94. The largest absolute Gasteiger partial charge is 0.391 e. The maximum absolute atomic E-state index is 12.4. The number of piperidine rings is 1. The summed E-state index contributed by atoms with van der Waals surface area (Å²) in [5.74, 6) is 0.242. The van der Waals surface area contributed by atoms with Gasteiger partial charge in [0.05, 0.1) is 23.8 Å². The van der Waals surface area contributed by atoms with Gasteiger partial charge in [0, 0.05) is 38.1 Å². The fraction of sp³-hybridized carbons (Fsp3) is 0.524. The monoisotopic (exact) mass is 396 g/mol. The van der Waals surface area contributed by atoms with Crippen LogP contribution in [0.2, 0.25) is 0 Å². The number of aromatic nitrogens is 2. The predicted molar refractivity (Wildman–Crippen MR) is 111 cm³/mol. The highest BCUT2D eigenvalue weighted by Gasteiger charge is 2.28. The molecule has 29 heavy (non-hydrogen) atoms. The Morgan fingerprint density at radius 1 is 1.34 bits per heavy atom. The number of hydrogen-bond donors (Lipinski definition) is 2. The second kappa shape index (κ2) is 9.16. The number of benzene rings is 1. The summed E-state index contributed by atoms with van der Waals surface area (Å²) >= 11 is 0. The van der Waals surface area contributed by atoms with Gasteiger partial charge in [-0.3, -0.25) is 14.8 Å². The molecule has 1 aliphatic rings. The van der Waals surface area contributed by atoms with Crippen molar-refractivity contribution >= 4 is 22.6 Å². The maximum atomic E-state index is 12.4. The molecule has 3 rings (SSSR count). The van der Waals surface area contributed by atoms with Crippen LogP contribution in [0.25, 0.3) is 11.0 Å². The van der Waals surface area contributed by atoms with Crippen LogP contribution in [0.15, 0.2) is 24.5 Å². The lowest BCUT2D eigenvalue weighted by Crippen LogP contribution is -2.51. The summed E-state index contributed by atoms with van der Waals surface area (Å²) in [5.41, 5.74) is 2.72. The molecular formula is C21H28N6O2. The Morgan fingerprint density at radius 2 is 2.07 bits per heavy atom. The minimum absolute atomic E-state index is 0.0137. The highest BCUT2D eigenvalue weighted by atomic mass is 16.3. The molecule has 8 nitrogen and oxygen atoms in total. The molecular weight excluding hydrogens is 368 g/mol. The first-order valence-electron chi connectivity index (χ1n) is 9.88. The van der Waals surface area contributed by atoms with E-state index in [0.29, 0.717) is 35.6 Å². The Bertz CT molecular complexity index is 910. The predicted octanol–water partition coefficient (Wildman–Crippen LogP) is 1.15. The van der Waals surface area contributed by atoms with E-state index in [-0.39, 0.29) is 18.4 Å². The molecule has 3 atom stereocenters. The summed E-state index contributed by atoms with van der Waals surface area (Å²) in [7, 11) is 3.74. The van der Waals surface area contributed by atoms with E-state index in [2.05, 4.69) is 33.2 Å². The first kappa shape index (κ1) is 21.0. The van der Waals surface area contributed by atoms with Crippen LogP contribution >= 0.6 is 0 Å². The van der Waals surface area contributed by atoms with E-state index >= 15 is 0 Å². The van der Waals surface area contributed by atoms with Crippen LogP contribution in [0.1, 0.15) is 25.3 Å². The lowest BCUT2D eigenvalue weighted by molar-refractivity contribution is -0.124. The zero-order chi connectivity index (χ0) is 21.0. The van der Waals surface area contributed by atoms with Crippen LogP contribution in [0.3, 0.4) is 0 Å². The number of amides is 1. The molecule has 1 fully saturated rings.